The molecular weight excluding hydrogens is 298 g/mol. The van der Waals surface area contributed by atoms with E-state index in [1.807, 2.05) is 6.08 Å². The van der Waals surface area contributed by atoms with Crippen molar-refractivity contribution >= 4 is 33.2 Å². The van der Waals surface area contributed by atoms with Crippen LogP contribution in [0.15, 0.2) is 33.6 Å². The van der Waals surface area contributed by atoms with Gasteiger partial charge in [-0.1, -0.05) is 6.08 Å². The van der Waals surface area contributed by atoms with Gasteiger partial charge in [0.05, 0.1) is 3.79 Å². The van der Waals surface area contributed by atoms with Crippen molar-refractivity contribution < 1.29 is 0 Å². The number of halogens is 1. The highest BCUT2D eigenvalue weighted by Gasteiger charge is 1.98. The molecule has 3 nitrogen and oxygen atoms in total. The number of nitrogens with one attached hydrogen (secondary N) is 2. The Morgan fingerprint density at radius 1 is 1.53 bits per heavy atom. The summed E-state index contributed by atoms with van der Waals surface area (Å²) < 4.78 is 1.17. The van der Waals surface area contributed by atoms with Gasteiger partial charge in [-0.15, -0.1) is 17.9 Å². The molecule has 5 heteroatoms. The molecule has 17 heavy (non-hydrogen) atoms. The lowest BCUT2D eigenvalue weighted by atomic mass is 10.3. The topological polar surface area (TPSA) is 36.4 Å². The second-order valence-corrected chi connectivity index (χ2v) is 5.93. The summed E-state index contributed by atoms with van der Waals surface area (Å²) in [6.07, 6.45) is 2.80. The zero-order valence-electron chi connectivity index (χ0n) is 10.0. The molecule has 0 saturated carbocycles. The summed E-state index contributed by atoms with van der Waals surface area (Å²) in [5.41, 5.74) is 0. The van der Waals surface area contributed by atoms with Crippen molar-refractivity contribution in [3.05, 3.63) is 33.5 Å². The smallest absolute Gasteiger partial charge is 0.191 e. The Hall–Kier alpha value is -0.810. The minimum Gasteiger partial charge on any atom is -0.357 e. The third-order valence-electron chi connectivity index (χ3n) is 2.02. The lowest BCUT2D eigenvalue weighted by Crippen LogP contribution is -2.37. The summed E-state index contributed by atoms with van der Waals surface area (Å²) >= 11 is 5.22. The molecule has 0 unspecified atom stereocenters. The Kier molecular flexibility index (Phi) is 6.96. The van der Waals surface area contributed by atoms with E-state index in [1.165, 1.54) is 8.66 Å². The van der Waals surface area contributed by atoms with Crippen LogP contribution in [-0.4, -0.2) is 25.6 Å². The van der Waals surface area contributed by atoms with E-state index in [-0.39, 0.29) is 0 Å². The van der Waals surface area contributed by atoms with E-state index in [2.05, 4.69) is 57.2 Å². The number of aliphatic imine (C=N–C) groups is 1. The molecule has 0 bridgehead atoms. The molecular formula is C12H18BrN3S. The highest BCUT2D eigenvalue weighted by Crippen LogP contribution is 2.22. The first kappa shape index (κ1) is 14.3. The maximum atomic E-state index is 4.49. The van der Waals surface area contributed by atoms with Crippen molar-refractivity contribution in [3.63, 3.8) is 0 Å². The van der Waals surface area contributed by atoms with E-state index in [1.54, 1.807) is 11.3 Å². The molecule has 0 radical (unpaired) electrons. The number of hydrogen-bond acceptors (Lipinski definition) is 2. The second kappa shape index (κ2) is 8.31. The summed E-state index contributed by atoms with van der Waals surface area (Å²) in [7, 11) is 0. The average molecular weight is 316 g/mol. The van der Waals surface area contributed by atoms with Crippen LogP contribution < -0.4 is 10.6 Å². The van der Waals surface area contributed by atoms with Crippen LogP contribution in [0.1, 0.15) is 11.8 Å². The van der Waals surface area contributed by atoms with Gasteiger partial charge in [0.2, 0.25) is 0 Å². The Labute approximate surface area is 115 Å². The zero-order valence-corrected chi connectivity index (χ0v) is 12.4. The molecule has 0 atom stereocenters. The van der Waals surface area contributed by atoms with Gasteiger partial charge in [0.1, 0.15) is 0 Å². The van der Waals surface area contributed by atoms with Crippen LogP contribution in [0.5, 0.6) is 0 Å². The number of rotatable bonds is 6. The number of thiophene rings is 1. The SMILES string of the molecule is C=CCNC(=NCCc1ccc(Br)s1)NCC. The number of nitrogens with zero attached hydrogens (tertiary/aromatic N) is 1. The van der Waals surface area contributed by atoms with E-state index in [0.717, 1.165) is 32.0 Å². The molecule has 0 amide bonds. The van der Waals surface area contributed by atoms with Gasteiger partial charge in [0.25, 0.3) is 0 Å². The zero-order chi connectivity index (χ0) is 12.5. The molecule has 94 valence electrons. The number of guanidine groups is 1. The van der Waals surface area contributed by atoms with Gasteiger partial charge >= 0.3 is 0 Å². The summed E-state index contributed by atoms with van der Waals surface area (Å²) in [5, 5.41) is 6.37. The molecule has 0 aliphatic heterocycles. The Balaban J connectivity index is 2.39. The van der Waals surface area contributed by atoms with Gasteiger partial charge in [0, 0.05) is 30.9 Å². The van der Waals surface area contributed by atoms with E-state index < -0.39 is 0 Å². The van der Waals surface area contributed by atoms with Crippen molar-refractivity contribution in [1.82, 2.24) is 10.6 Å². The van der Waals surface area contributed by atoms with Crippen molar-refractivity contribution in [1.29, 1.82) is 0 Å². The quantitative estimate of drug-likeness (QED) is 0.481. The minimum atomic E-state index is 0.733. The van der Waals surface area contributed by atoms with E-state index in [9.17, 15) is 0 Å². The van der Waals surface area contributed by atoms with E-state index in [0.29, 0.717) is 0 Å². The molecule has 0 fully saturated rings. The fraction of sp³-hybridized carbons (Fsp3) is 0.417. The molecule has 1 aromatic heterocycles. The third kappa shape index (κ3) is 5.89. The summed E-state index contributed by atoms with van der Waals surface area (Å²) in [6, 6.07) is 4.21. The Morgan fingerprint density at radius 3 is 2.94 bits per heavy atom. The highest BCUT2D eigenvalue weighted by atomic mass is 79.9. The predicted octanol–water partition coefficient (Wildman–Crippen LogP) is 2.79. The minimum absolute atomic E-state index is 0.733. The van der Waals surface area contributed by atoms with Crippen molar-refractivity contribution in [2.45, 2.75) is 13.3 Å². The van der Waals surface area contributed by atoms with E-state index >= 15 is 0 Å². The monoisotopic (exact) mass is 315 g/mol. The molecule has 0 aromatic carbocycles. The normalized spacial score (nSPS) is 11.3. The van der Waals surface area contributed by atoms with Crippen LogP contribution in [0, 0.1) is 0 Å². The van der Waals surface area contributed by atoms with Crippen LogP contribution in [-0.2, 0) is 6.42 Å². The lowest BCUT2D eigenvalue weighted by molar-refractivity contribution is 0.854. The van der Waals surface area contributed by atoms with Gasteiger partial charge in [-0.2, -0.15) is 0 Å². The van der Waals surface area contributed by atoms with Gasteiger partial charge in [0.15, 0.2) is 5.96 Å². The first-order chi connectivity index (χ1) is 8.26. The summed E-state index contributed by atoms with van der Waals surface area (Å²) in [5.74, 6) is 0.850. The number of hydrogen-bond donors (Lipinski definition) is 2. The lowest BCUT2D eigenvalue weighted by Gasteiger charge is -2.08. The Morgan fingerprint density at radius 2 is 2.35 bits per heavy atom. The maximum absolute atomic E-state index is 4.49. The first-order valence-corrected chi connectivity index (χ1v) is 7.24. The molecule has 0 aliphatic rings. The van der Waals surface area contributed by atoms with Gasteiger partial charge < -0.3 is 10.6 Å². The summed E-state index contributed by atoms with van der Waals surface area (Å²) in [4.78, 5) is 5.84. The molecule has 2 N–H and O–H groups in total. The molecule has 1 heterocycles. The van der Waals surface area contributed by atoms with Crippen LogP contribution >= 0.6 is 27.3 Å². The van der Waals surface area contributed by atoms with Crippen molar-refractivity contribution in [3.8, 4) is 0 Å². The molecule has 0 saturated heterocycles. The van der Waals surface area contributed by atoms with Crippen LogP contribution in [0.4, 0.5) is 0 Å². The highest BCUT2D eigenvalue weighted by molar-refractivity contribution is 9.11. The van der Waals surface area contributed by atoms with Gasteiger partial charge in [-0.05, 0) is 35.0 Å². The van der Waals surface area contributed by atoms with Crippen LogP contribution in [0.2, 0.25) is 0 Å². The van der Waals surface area contributed by atoms with Crippen LogP contribution in [0.25, 0.3) is 0 Å². The average Bonchev–Trinajstić information content (AvgIpc) is 2.72. The largest absolute Gasteiger partial charge is 0.357 e. The molecule has 1 aromatic rings. The standard InChI is InChI=1S/C12H18BrN3S/c1-3-8-15-12(14-4-2)16-9-7-10-5-6-11(13)17-10/h3,5-6H,1,4,7-9H2,2H3,(H2,14,15,16). The van der Waals surface area contributed by atoms with Crippen LogP contribution in [0.3, 0.4) is 0 Å². The molecule has 0 aliphatic carbocycles. The van der Waals surface area contributed by atoms with Crippen molar-refractivity contribution in [2.75, 3.05) is 19.6 Å². The maximum Gasteiger partial charge on any atom is 0.191 e. The van der Waals surface area contributed by atoms with Gasteiger partial charge in [-0.3, -0.25) is 4.99 Å². The fourth-order valence-electron chi connectivity index (χ4n) is 1.27. The van der Waals surface area contributed by atoms with E-state index in [4.69, 9.17) is 0 Å². The third-order valence-corrected chi connectivity index (χ3v) is 3.70. The van der Waals surface area contributed by atoms with Gasteiger partial charge in [-0.25, -0.2) is 0 Å². The first-order valence-electron chi connectivity index (χ1n) is 5.63. The summed E-state index contributed by atoms with van der Waals surface area (Å²) in [6.45, 7) is 8.12. The second-order valence-electron chi connectivity index (χ2n) is 3.39. The Bertz CT molecular complexity index is 374. The molecule has 1 rings (SSSR count). The molecule has 0 spiro atoms. The predicted molar refractivity (Wildman–Crippen MR) is 79.9 cm³/mol. The fourth-order valence-corrected chi connectivity index (χ4v) is 2.75. The van der Waals surface area contributed by atoms with Crippen molar-refractivity contribution in [2.24, 2.45) is 4.99 Å².